The summed E-state index contributed by atoms with van der Waals surface area (Å²) in [6, 6.07) is 6.49. The maximum absolute atomic E-state index is 10.9. The lowest BCUT2D eigenvalue weighted by Crippen LogP contribution is -2.01. The Bertz CT molecular complexity index is 886. The summed E-state index contributed by atoms with van der Waals surface area (Å²) in [5, 5.41) is 14.8. The van der Waals surface area contributed by atoms with E-state index in [0.29, 0.717) is 17.3 Å². The second-order valence-corrected chi connectivity index (χ2v) is 5.09. The van der Waals surface area contributed by atoms with Crippen LogP contribution in [0.5, 0.6) is 0 Å². The molecule has 0 saturated heterocycles. The Morgan fingerprint density at radius 2 is 1.95 bits per heavy atom. The Hall–Kier alpha value is -2.96. The van der Waals surface area contributed by atoms with E-state index in [1.807, 2.05) is 26.8 Å². The van der Waals surface area contributed by atoms with Crippen molar-refractivity contribution in [1.82, 2.24) is 9.97 Å². The minimum absolute atomic E-state index is 0.0137. The molecule has 3 rings (SSSR count). The smallest absolute Gasteiger partial charge is 0.271 e. The number of aromatic nitrogens is 2. The first kappa shape index (κ1) is 14.0. The first-order valence-electron chi connectivity index (χ1n) is 6.71. The molecule has 1 aromatic carbocycles. The lowest BCUT2D eigenvalue weighted by Gasteiger charge is -2.08. The number of hydrogen-bond donors (Lipinski definition) is 1. The molecule has 0 saturated carbocycles. The number of furan rings is 1. The van der Waals surface area contributed by atoms with E-state index in [1.165, 1.54) is 12.1 Å². The third kappa shape index (κ3) is 2.48. The Morgan fingerprint density at radius 1 is 1.18 bits per heavy atom. The highest BCUT2D eigenvalue weighted by Crippen LogP contribution is 2.26. The zero-order valence-electron chi connectivity index (χ0n) is 12.4. The van der Waals surface area contributed by atoms with Crippen molar-refractivity contribution in [2.24, 2.45) is 0 Å². The average Bonchev–Trinajstić information content (AvgIpc) is 2.82. The highest BCUT2D eigenvalue weighted by Gasteiger charge is 2.12. The average molecular weight is 298 g/mol. The molecule has 0 aliphatic rings. The van der Waals surface area contributed by atoms with Gasteiger partial charge in [0, 0.05) is 12.1 Å². The van der Waals surface area contributed by atoms with Gasteiger partial charge < -0.3 is 9.73 Å². The summed E-state index contributed by atoms with van der Waals surface area (Å²) in [6.07, 6.45) is 0. The topological polar surface area (TPSA) is 94.1 Å². The number of benzene rings is 1. The summed E-state index contributed by atoms with van der Waals surface area (Å²) >= 11 is 0. The fourth-order valence-corrected chi connectivity index (χ4v) is 2.22. The van der Waals surface area contributed by atoms with E-state index in [-0.39, 0.29) is 5.69 Å². The van der Waals surface area contributed by atoms with Crippen LogP contribution in [0.1, 0.15) is 17.0 Å². The fourth-order valence-electron chi connectivity index (χ4n) is 2.22. The van der Waals surface area contributed by atoms with Crippen LogP contribution < -0.4 is 5.32 Å². The zero-order chi connectivity index (χ0) is 15.9. The Labute approximate surface area is 126 Å². The van der Waals surface area contributed by atoms with E-state index in [9.17, 15) is 10.1 Å². The molecule has 7 nitrogen and oxygen atoms in total. The molecule has 1 N–H and O–H groups in total. The van der Waals surface area contributed by atoms with Crippen LogP contribution in [0.4, 0.5) is 17.3 Å². The molecule has 0 aliphatic carbocycles. The Balaban J connectivity index is 2.02. The molecular weight excluding hydrogens is 284 g/mol. The second-order valence-electron chi connectivity index (χ2n) is 5.09. The summed E-state index contributed by atoms with van der Waals surface area (Å²) < 4.78 is 5.52. The van der Waals surface area contributed by atoms with E-state index in [0.717, 1.165) is 22.4 Å². The number of rotatable bonds is 3. The molecule has 7 heteroatoms. The maximum atomic E-state index is 10.9. The number of nitro benzene ring substituents is 1. The molecule has 2 aromatic heterocycles. The molecule has 0 atom stereocenters. The van der Waals surface area contributed by atoms with Crippen LogP contribution in [0.15, 0.2) is 28.7 Å². The van der Waals surface area contributed by atoms with E-state index >= 15 is 0 Å². The van der Waals surface area contributed by atoms with E-state index in [4.69, 9.17) is 4.42 Å². The minimum atomic E-state index is -0.435. The van der Waals surface area contributed by atoms with Gasteiger partial charge in [0.2, 0.25) is 11.7 Å². The fraction of sp³-hybridized carbons (Fsp3) is 0.200. The lowest BCUT2D eigenvalue weighted by atomic mass is 10.2. The largest absolute Gasteiger partial charge is 0.443 e. The molecule has 22 heavy (non-hydrogen) atoms. The van der Waals surface area contributed by atoms with Crippen LogP contribution >= 0.6 is 0 Å². The van der Waals surface area contributed by atoms with Crippen molar-refractivity contribution in [2.75, 3.05) is 5.32 Å². The summed E-state index contributed by atoms with van der Waals surface area (Å²) in [5.41, 5.74) is 2.75. The molecule has 0 radical (unpaired) electrons. The molecule has 0 spiro atoms. The highest BCUT2D eigenvalue weighted by molar-refractivity contribution is 5.78. The summed E-state index contributed by atoms with van der Waals surface area (Å²) in [7, 11) is 0. The minimum Gasteiger partial charge on any atom is -0.443 e. The van der Waals surface area contributed by atoms with Gasteiger partial charge >= 0.3 is 0 Å². The molecular formula is C15H14N4O3. The van der Waals surface area contributed by atoms with E-state index in [2.05, 4.69) is 15.3 Å². The molecule has 0 unspecified atom stereocenters. The number of nitrogens with one attached hydrogen (secondary N) is 1. The number of non-ortho nitro benzene ring substituents is 1. The van der Waals surface area contributed by atoms with Gasteiger partial charge in [-0.1, -0.05) is 6.07 Å². The van der Waals surface area contributed by atoms with E-state index in [1.54, 1.807) is 6.07 Å². The van der Waals surface area contributed by atoms with Crippen molar-refractivity contribution in [3.8, 4) is 0 Å². The predicted molar refractivity (Wildman–Crippen MR) is 82.4 cm³/mol. The van der Waals surface area contributed by atoms with Crippen LogP contribution in [0, 0.1) is 30.9 Å². The Kier molecular flexibility index (Phi) is 3.25. The van der Waals surface area contributed by atoms with Crippen molar-refractivity contribution < 1.29 is 9.34 Å². The van der Waals surface area contributed by atoms with Crippen molar-refractivity contribution >= 4 is 28.4 Å². The van der Waals surface area contributed by atoms with Gasteiger partial charge in [0.15, 0.2) is 0 Å². The third-order valence-electron chi connectivity index (χ3n) is 3.38. The number of fused-ring (bicyclic) bond motifs is 1. The molecule has 0 aliphatic heterocycles. The van der Waals surface area contributed by atoms with Crippen LogP contribution in [0.25, 0.3) is 11.1 Å². The van der Waals surface area contributed by atoms with Crippen LogP contribution in [-0.2, 0) is 0 Å². The van der Waals surface area contributed by atoms with Gasteiger partial charge in [0.25, 0.3) is 5.69 Å². The Morgan fingerprint density at radius 3 is 2.68 bits per heavy atom. The highest BCUT2D eigenvalue weighted by atomic mass is 16.6. The summed E-state index contributed by atoms with van der Waals surface area (Å²) in [6.45, 7) is 5.57. The van der Waals surface area contributed by atoms with Crippen molar-refractivity contribution in [1.29, 1.82) is 0 Å². The van der Waals surface area contributed by atoms with Gasteiger partial charge in [-0.3, -0.25) is 10.1 Å². The molecule has 3 aromatic rings. The van der Waals surface area contributed by atoms with Crippen molar-refractivity contribution in [3.05, 3.63) is 51.4 Å². The molecule has 0 bridgehead atoms. The summed E-state index contributed by atoms with van der Waals surface area (Å²) in [4.78, 5) is 19.1. The number of nitro groups is 1. The quantitative estimate of drug-likeness (QED) is 0.583. The van der Waals surface area contributed by atoms with Crippen LogP contribution in [-0.4, -0.2) is 14.9 Å². The first-order chi connectivity index (χ1) is 10.4. The number of hydrogen-bond acceptors (Lipinski definition) is 6. The third-order valence-corrected chi connectivity index (χ3v) is 3.38. The van der Waals surface area contributed by atoms with Crippen molar-refractivity contribution in [2.45, 2.75) is 20.8 Å². The van der Waals surface area contributed by atoms with E-state index < -0.39 is 4.92 Å². The van der Waals surface area contributed by atoms with Crippen LogP contribution in [0.3, 0.4) is 0 Å². The standard InChI is InChI=1S/C15H14N4O3/c1-8-4-5-11(19(20)21)7-13(8)17-15-16-10(3)12-6-9(2)22-14(12)18-15/h4-7H,1-3H3,(H,16,17,18). The predicted octanol–water partition coefficient (Wildman–Crippen LogP) is 3.80. The van der Waals surface area contributed by atoms with Gasteiger partial charge in [-0.05, 0) is 32.4 Å². The number of nitrogens with zero attached hydrogens (tertiary/aromatic N) is 3. The zero-order valence-corrected chi connectivity index (χ0v) is 12.4. The monoisotopic (exact) mass is 298 g/mol. The second kappa shape index (κ2) is 5.10. The van der Waals surface area contributed by atoms with Crippen molar-refractivity contribution in [3.63, 3.8) is 0 Å². The maximum Gasteiger partial charge on any atom is 0.271 e. The molecule has 0 fully saturated rings. The number of anilines is 2. The molecule has 0 amide bonds. The molecule has 112 valence electrons. The first-order valence-corrected chi connectivity index (χ1v) is 6.71. The van der Waals surface area contributed by atoms with Gasteiger partial charge in [-0.25, -0.2) is 4.98 Å². The van der Waals surface area contributed by atoms with Gasteiger partial charge in [-0.15, -0.1) is 0 Å². The van der Waals surface area contributed by atoms with Crippen LogP contribution in [0.2, 0.25) is 0 Å². The SMILES string of the molecule is Cc1cc2c(C)nc(Nc3cc([N+](=O)[O-])ccc3C)nc2o1. The number of aryl methyl sites for hydroxylation is 3. The summed E-state index contributed by atoms with van der Waals surface area (Å²) in [5.74, 6) is 1.11. The molecule has 2 heterocycles. The normalized spacial score (nSPS) is 10.9. The van der Waals surface area contributed by atoms with Gasteiger partial charge in [0.05, 0.1) is 21.7 Å². The lowest BCUT2D eigenvalue weighted by molar-refractivity contribution is -0.384. The van der Waals surface area contributed by atoms with Gasteiger partial charge in [0.1, 0.15) is 5.76 Å². The van der Waals surface area contributed by atoms with Gasteiger partial charge in [-0.2, -0.15) is 4.98 Å².